The van der Waals surface area contributed by atoms with Gasteiger partial charge in [-0.2, -0.15) is 9.78 Å². The molecule has 0 saturated carbocycles. The van der Waals surface area contributed by atoms with Gasteiger partial charge in [-0.3, -0.25) is 4.79 Å². The maximum atomic E-state index is 13.1. The topological polar surface area (TPSA) is 156 Å². The van der Waals surface area contributed by atoms with Crippen molar-refractivity contribution in [3.8, 4) is 28.6 Å². The molecule has 0 aliphatic heterocycles. The number of hydrazone groups is 1. The van der Waals surface area contributed by atoms with Gasteiger partial charge in [0.1, 0.15) is 17.2 Å². The lowest BCUT2D eigenvalue weighted by atomic mass is 10.1. The number of nitrogens with two attached hydrogens (primary N) is 1. The first-order valence-corrected chi connectivity index (χ1v) is 10.3. The smallest absolute Gasteiger partial charge is 0.294 e. The molecular formula is C22H22N8O4. The lowest BCUT2D eigenvalue weighted by Crippen LogP contribution is -2.21. The molecule has 2 aromatic heterocycles. The van der Waals surface area contributed by atoms with Crippen LogP contribution in [0, 0.1) is 0 Å². The van der Waals surface area contributed by atoms with E-state index in [2.05, 4.69) is 31.2 Å². The number of carbonyl (C=O) groups excluding carboxylic acids is 1. The number of carbonyl (C=O) groups is 1. The highest BCUT2D eigenvalue weighted by Gasteiger charge is 2.25. The van der Waals surface area contributed by atoms with Crippen molar-refractivity contribution in [3.05, 3.63) is 59.8 Å². The number of hydrogen-bond donors (Lipinski definition) is 2. The Hall–Kier alpha value is -4.74. The lowest BCUT2D eigenvalue weighted by molar-refractivity contribution is 0.0950. The molecule has 12 nitrogen and oxygen atoms in total. The molecule has 2 aromatic carbocycles. The average molecular weight is 462 g/mol. The maximum Gasteiger partial charge on any atom is 0.294 e. The van der Waals surface area contributed by atoms with E-state index in [0.717, 1.165) is 11.3 Å². The van der Waals surface area contributed by atoms with Crippen LogP contribution in [-0.2, 0) is 0 Å². The first kappa shape index (κ1) is 22.5. The van der Waals surface area contributed by atoms with Crippen molar-refractivity contribution in [1.82, 2.24) is 30.7 Å². The summed E-state index contributed by atoms with van der Waals surface area (Å²) in [5.41, 5.74) is 10.7. The van der Waals surface area contributed by atoms with E-state index < -0.39 is 5.91 Å². The molecule has 4 rings (SSSR count). The third kappa shape index (κ3) is 4.55. The summed E-state index contributed by atoms with van der Waals surface area (Å²) in [6.07, 6.45) is 0. The van der Waals surface area contributed by atoms with Crippen molar-refractivity contribution < 1.29 is 18.9 Å². The van der Waals surface area contributed by atoms with E-state index in [1.54, 1.807) is 38.3 Å². The molecule has 1 amide bonds. The second kappa shape index (κ2) is 9.81. The summed E-state index contributed by atoms with van der Waals surface area (Å²) < 4.78 is 16.7. The quantitative estimate of drug-likeness (QED) is 0.297. The number of benzene rings is 2. The number of nitrogens with zero attached hydrogens (tertiary/aromatic N) is 6. The van der Waals surface area contributed by atoms with Gasteiger partial charge >= 0.3 is 0 Å². The zero-order valence-electron chi connectivity index (χ0n) is 18.7. The summed E-state index contributed by atoms with van der Waals surface area (Å²) in [4.78, 5) is 13.1. The van der Waals surface area contributed by atoms with Crippen molar-refractivity contribution >= 4 is 17.4 Å². The van der Waals surface area contributed by atoms with E-state index in [9.17, 15) is 4.79 Å². The summed E-state index contributed by atoms with van der Waals surface area (Å²) in [6, 6.07) is 14.4. The van der Waals surface area contributed by atoms with Crippen LogP contribution in [0.15, 0.2) is 58.3 Å². The van der Waals surface area contributed by atoms with Gasteiger partial charge in [0, 0.05) is 5.56 Å². The minimum absolute atomic E-state index is 0.00216. The molecular weight excluding hydrogens is 440 g/mol. The Morgan fingerprint density at radius 1 is 1.18 bits per heavy atom. The molecule has 0 aliphatic carbocycles. The molecule has 0 bridgehead atoms. The molecule has 2 heterocycles. The second-order valence-corrected chi connectivity index (χ2v) is 7.00. The Kier molecular flexibility index (Phi) is 6.48. The third-order valence-corrected chi connectivity index (χ3v) is 4.83. The number of nitrogens with one attached hydrogen (secondary N) is 1. The van der Waals surface area contributed by atoms with Crippen LogP contribution in [-0.4, -0.2) is 50.6 Å². The highest BCUT2D eigenvalue weighted by molar-refractivity contribution is 6.02. The number of methoxy groups -OCH3 is 1. The molecule has 0 radical (unpaired) electrons. The molecule has 0 spiro atoms. The molecule has 0 fully saturated rings. The minimum Gasteiger partial charge on any atom is -0.497 e. The Labute approximate surface area is 194 Å². The number of rotatable bonds is 8. The molecule has 0 atom stereocenters. The molecule has 0 unspecified atom stereocenters. The molecule has 174 valence electrons. The zero-order valence-corrected chi connectivity index (χ0v) is 18.7. The highest BCUT2D eigenvalue weighted by atomic mass is 16.6. The van der Waals surface area contributed by atoms with Crippen molar-refractivity contribution in [2.24, 2.45) is 5.10 Å². The Bertz CT molecular complexity index is 1330. The second-order valence-electron chi connectivity index (χ2n) is 7.00. The number of amides is 1. The maximum absolute atomic E-state index is 13.1. The fraction of sp³-hybridized carbons (Fsp3) is 0.182. The summed E-state index contributed by atoms with van der Waals surface area (Å²) >= 11 is 0. The van der Waals surface area contributed by atoms with Crippen molar-refractivity contribution in [2.75, 3.05) is 19.5 Å². The van der Waals surface area contributed by atoms with E-state index >= 15 is 0 Å². The first-order chi connectivity index (χ1) is 16.5. The molecule has 0 aliphatic rings. The van der Waals surface area contributed by atoms with Crippen LogP contribution in [0.1, 0.15) is 29.9 Å². The van der Waals surface area contributed by atoms with Gasteiger partial charge in [-0.25, -0.2) is 10.1 Å². The fourth-order valence-corrected chi connectivity index (χ4v) is 3.16. The summed E-state index contributed by atoms with van der Waals surface area (Å²) in [7, 11) is 1.59. The molecule has 3 N–H and O–H groups in total. The fourth-order valence-electron chi connectivity index (χ4n) is 3.16. The number of ether oxygens (including phenoxy) is 2. The van der Waals surface area contributed by atoms with Crippen molar-refractivity contribution in [3.63, 3.8) is 0 Å². The summed E-state index contributed by atoms with van der Waals surface area (Å²) in [5.74, 6) is 0.844. The minimum atomic E-state index is -0.578. The standard InChI is InChI=1S/C22H22N8O4/c1-4-33-17-7-5-6-15(12-17)19-18(25-29-30(19)21-20(23)27-34-28-21)22(31)26-24-13(2)14-8-10-16(32-3)11-9-14/h5-12H,4H2,1-3H3,(H2,23,27)(H,26,31)/b24-13-. The molecule has 0 saturated heterocycles. The lowest BCUT2D eigenvalue weighted by Gasteiger charge is -2.09. The van der Waals surface area contributed by atoms with Gasteiger partial charge in [-0.1, -0.05) is 17.3 Å². The van der Waals surface area contributed by atoms with Gasteiger partial charge < -0.3 is 15.2 Å². The van der Waals surface area contributed by atoms with Gasteiger partial charge in [0.15, 0.2) is 5.69 Å². The Balaban J connectivity index is 1.70. The van der Waals surface area contributed by atoms with E-state index in [-0.39, 0.29) is 17.3 Å². The van der Waals surface area contributed by atoms with Gasteiger partial charge in [0.05, 0.1) is 19.4 Å². The number of anilines is 1. The average Bonchev–Trinajstić information content (AvgIpc) is 3.48. The zero-order chi connectivity index (χ0) is 24.1. The van der Waals surface area contributed by atoms with E-state index in [4.69, 9.17) is 19.8 Å². The Morgan fingerprint density at radius 2 is 1.97 bits per heavy atom. The highest BCUT2D eigenvalue weighted by Crippen LogP contribution is 2.29. The normalized spacial score (nSPS) is 11.3. The van der Waals surface area contributed by atoms with E-state index in [1.165, 1.54) is 4.68 Å². The summed E-state index contributed by atoms with van der Waals surface area (Å²) in [5, 5.41) is 19.7. The van der Waals surface area contributed by atoms with Crippen molar-refractivity contribution in [2.45, 2.75) is 13.8 Å². The monoisotopic (exact) mass is 462 g/mol. The van der Waals surface area contributed by atoms with Crippen LogP contribution >= 0.6 is 0 Å². The van der Waals surface area contributed by atoms with Crippen LogP contribution in [0.2, 0.25) is 0 Å². The number of aromatic nitrogens is 5. The molecule has 4 aromatic rings. The van der Waals surface area contributed by atoms with E-state index in [1.807, 2.05) is 31.2 Å². The van der Waals surface area contributed by atoms with Gasteiger partial charge in [-0.05, 0) is 66.1 Å². The predicted octanol–water partition coefficient (Wildman–Crippen LogP) is 2.46. The van der Waals surface area contributed by atoms with Crippen LogP contribution in [0.3, 0.4) is 0 Å². The number of nitrogen functional groups attached to an aromatic ring is 1. The first-order valence-electron chi connectivity index (χ1n) is 10.3. The van der Waals surface area contributed by atoms with E-state index in [0.29, 0.717) is 29.3 Å². The van der Waals surface area contributed by atoms with Gasteiger partial charge in [0.2, 0.25) is 11.6 Å². The van der Waals surface area contributed by atoms with Gasteiger partial charge in [-0.15, -0.1) is 5.10 Å². The SMILES string of the molecule is CCOc1cccc(-c2c(C(=O)N/N=C(/C)c3ccc(OC)cc3)nnn2-c2nonc2N)c1. The molecule has 12 heteroatoms. The molecule has 34 heavy (non-hydrogen) atoms. The number of hydrogen-bond acceptors (Lipinski definition) is 10. The van der Waals surface area contributed by atoms with Crippen LogP contribution < -0.4 is 20.6 Å². The largest absolute Gasteiger partial charge is 0.497 e. The van der Waals surface area contributed by atoms with Crippen LogP contribution in [0.25, 0.3) is 17.1 Å². The summed E-state index contributed by atoms with van der Waals surface area (Å²) in [6.45, 7) is 4.13. The predicted molar refractivity (Wildman–Crippen MR) is 123 cm³/mol. The van der Waals surface area contributed by atoms with Crippen molar-refractivity contribution in [1.29, 1.82) is 0 Å². The third-order valence-electron chi connectivity index (χ3n) is 4.83. The van der Waals surface area contributed by atoms with Crippen LogP contribution in [0.5, 0.6) is 11.5 Å². The Morgan fingerprint density at radius 3 is 2.65 bits per heavy atom. The van der Waals surface area contributed by atoms with Gasteiger partial charge in [0.25, 0.3) is 5.91 Å². The van der Waals surface area contributed by atoms with Crippen LogP contribution in [0.4, 0.5) is 5.82 Å².